The fraction of sp³-hybridized carbons (Fsp3) is 0.0909. The van der Waals surface area contributed by atoms with Gasteiger partial charge < -0.3 is 9.73 Å². The Morgan fingerprint density at radius 1 is 1.17 bits per heavy atom. The fourth-order valence-electron chi connectivity index (χ4n) is 1.37. The minimum atomic E-state index is -0.473. The summed E-state index contributed by atoms with van der Waals surface area (Å²) >= 11 is 18.4. The van der Waals surface area contributed by atoms with Gasteiger partial charge in [0.1, 0.15) is 11.6 Å². The van der Waals surface area contributed by atoms with Crippen LogP contribution in [0.25, 0.3) is 0 Å². The molecule has 0 fully saturated rings. The molecule has 0 radical (unpaired) electrons. The number of benzene rings is 1. The molecule has 0 amide bonds. The maximum absolute atomic E-state index is 13.0. The lowest BCUT2D eigenvalue weighted by atomic mass is 10.3. The van der Waals surface area contributed by atoms with Crippen molar-refractivity contribution in [2.45, 2.75) is 6.54 Å². The van der Waals surface area contributed by atoms with Crippen molar-refractivity contribution in [2.24, 2.45) is 0 Å². The van der Waals surface area contributed by atoms with Gasteiger partial charge >= 0.3 is 0 Å². The quantitative estimate of drug-likeness (QED) is 0.676. The van der Waals surface area contributed by atoms with Gasteiger partial charge in [0.2, 0.25) is 0 Å². The highest BCUT2D eigenvalue weighted by Crippen LogP contribution is 2.32. The van der Waals surface area contributed by atoms with Crippen molar-refractivity contribution in [3.8, 4) is 0 Å². The molecule has 0 atom stereocenters. The van der Waals surface area contributed by atoms with Gasteiger partial charge in [0.15, 0.2) is 4.67 Å². The molecular formula is C11H6Br2Cl2FNO. The lowest BCUT2D eigenvalue weighted by Crippen LogP contribution is -2.00. The van der Waals surface area contributed by atoms with Crippen LogP contribution in [0.4, 0.5) is 10.1 Å². The first kappa shape index (κ1) is 14.2. The van der Waals surface area contributed by atoms with Gasteiger partial charge in [-0.2, -0.15) is 0 Å². The highest BCUT2D eigenvalue weighted by atomic mass is 79.9. The SMILES string of the molecule is Fc1cc(Cl)c(NCc2cc(Br)c(Br)o2)c(Cl)c1. The van der Waals surface area contributed by atoms with Crippen LogP contribution in [0.2, 0.25) is 10.0 Å². The van der Waals surface area contributed by atoms with Crippen LogP contribution in [-0.2, 0) is 6.54 Å². The van der Waals surface area contributed by atoms with Crippen molar-refractivity contribution >= 4 is 60.7 Å². The van der Waals surface area contributed by atoms with Gasteiger partial charge in [-0.3, -0.25) is 0 Å². The molecule has 1 heterocycles. The molecular weight excluding hydrogens is 412 g/mol. The third-order valence-electron chi connectivity index (χ3n) is 2.14. The van der Waals surface area contributed by atoms with Crippen molar-refractivity contribution in [3.05, 3.63) is 49.0 Å². The Bertz CT molecular complexity index is 546. The van der Waals surface area contributed by atoms with Gasteiger partial charge in [-0.25, -0.2) is 4.39 Å². The summed E-state index contributed by atoms with van der Waals surface area (Å²) in [6.07, 6.45) is 0. The summed E-state index contributed by atoms with van der Waals surface area (Å²) in [6, 6.07) is 4.20. The molecule has 0 saturated carbocycles. The van der Waals surface area contributed by atoms with Gasteiger partial charge in [0, 0.05) is 0 Å². The Labute approximate surface area is 130 Å². The molecule has 18 heavy (non-hydrogen) atoms. The van der Waals surface area contributed by atoms with E-state index in [1.807, 2.05) is 6.07 Å². The van der Waals surface area contributed by atoms with E-state index in [1.54, 1.807) is 0 Å². The number of hydrogen-bond donors (Lipinski definition) is 1. The predicted molar refractivity (Wildman–Crippen MR) is 77.9 cm³/mol. The van der Waals surface area contributed by atoms with Crippen molar-refractivity contribution in [1.29, 1.82) is 0 Å². The second-order valence-corrected chi connectivity index (χ2v) is 5.82. The van der Waals surface area contributed by atoms with E-state index in [2.05, 4.69) is 37.2 Å². The second-order valence-electron chi connectivity index (χ2n) is 3.43. The molecule has 0 saturated heterocycles. The molecule has 0 aliphatic heterocycles. The van der Waals surface area contributed by atoms with Gasteiger partial charge in [0.05, 0.1) is 26.8 Å². The average molecular weight is 418 g/mol. The Morgan fingerprint density at radius 3 is 2.28 bits per heavy atom. The van der Waals surface area contributed by atoms with Crippen LogP contribution in [0.3, 0.4) is 0 Å². The Balaban J connectivity index is 2.15. The Hall–Kier alpha value is -0.230. The normalized spacial score (nSPS) is 10.7. The number of furan rings is 1. The first-order valence-electron chi connectivity index (χ1n) is 4.79. The molecule has 7 heteroatoms. The van der Waals surface area contributed by atoms with E-state index >= 15 is 0 Å². The van der Waals surface area contributed by atoms with E-state index in [0.29, 0.717) is 22.7 Å². The predicted octanol–water partition coefficient (Wildman–Crippen LogP) is 5.86. The van der Waals surface area contributed by atoms with Gasteiger partial charge in [0.25, 0.3) is 0 Å². The van der Waals surface area contributed by atoms with Crippen LogP contribution in [0, 0.1) is 5.82 Å². The smallest absolute Gasteiger partial charge is 0.183 e. The molecule has 2 nitrogen and oxygen atoms in total. The number of rotatable bonds is 3. The Morgan fingerprint density at radius 2 is 1.78 bits per heavy atom. The summed E-state index contributed by atoms with van der Waals surface area (Å²) in [7, 11) is 0. The molecule has 0 aliphatic carbocycles. The van der Waals surface area contributed by atoms with Gasteiger partial charge in [-0.1, -0.05) is 23.2 Å². The molecule has 2 rings (SSSR count). The lowest BCUT2D eigenvalue weighted by Gasteiger charge is -2.09. The second kappa shape index (κ2) is 5.82. The largest absolute Gasteiger partial charge is 0.451 e. The molecule has 1 aromatic heterocycles. The van der Waals surface area contributed by atoms with Crippen LogP contribution in [0.5, 0.6) is 0 Å². The number of anilines is 1. The summed E-state index contributed by atoms with van der Waals surface area (Å²) in [5, 5.41) is 3.45. The van der Waals surface area contributed by atoms with Crippen LogP contribution in [0.15, 0.2) is 31.8 Å². The fourth-order valence-corrected chi connectivity index (χ4v) is 2.62. The maximum atomic E-state index is 13.0. The Kier molecular flexibility index (Phi) is 4.59. The van der Waals surface area contributed by atoms with Gasteiger partial charge in [-0.05, 0) is 50.1 Å². The standard InChI is InChI=1S/C11H6Br2Cl2FNO/c12-7-3-6(18-11(7)13)4-17-10-8(14)1-5(16)2-9(10)15/h1-3,17H,4H2. The minimum Gasteiger partial charge on any atom is -0.451 e. The van der Waals surface area contributed by atoms with E-state index < -0.39 is 5.82 Å². The molecule has 2 aromatic rings. The van der Waals surface area contributed by atoms with Crippen LogP contribution in [0.1, 0.15) is 5.76 Å². The molecule has 1 aromatic carbocycles. The van der Waals surface area contributed by atoms with Crippen molar-refractivity contribution in [2.75, 3.05) is 5.32 Å². The summed E-state index contributed by atoms with van der Waals surface area (Å²) in [4.78, 5) is 0. The number of hydrogen-bond acceptors (Lipinski definition) is 2. The number of halogens is 5. The summed E-state index contributed by atoms with van der Waals surface area (Å²) in [5.41, 5.74) is 0.475. The van der Waals surface area contributed by atoms with E-state index in [1.165, 1.54) is 12.1 Å². The van der Waals surface area contributed by atoms with Crippen molar-refractivity contribution < 1.29 is 8.81 Å². The van der Waals surface area contributed by atoms with Crippen LogP contribution < -0.4 is 5.32 Å². The zero-order valence-corrected chi connectivity index (χ0v) is 13.4. The molecule has 0 bridgehead atoms. The van der Waals surface area contributed by atoms with Crippen molar-refractivity contribution in [1.82, 2.24) is 0 Å². The zero-order chi connectivity index (χ0) is 13.3. The van der Waals surface area contributed by atoms with Gasteiger partial charge in [-0.15, -0.1) is 0 Å². The van der Waals surface area contributed by atoms with E-state index in [4.69, 9.17) is 27.6 Å². The minimum absolute atomic E-state index is 0.227. The average Bonchev–Trinajstić information content (AvgIpc) is 2.56. The third kappa shape index (κ3) is 3.20. The van der Waals surface area contributed by atoms with E-state index in [-0.39, 0.29) is 10.0 Å². The van der Waals surface area contributed by atoms with Crippen molar-refractivity contribution in [3.63, 3.8) is 0 Å². The van der Waals surface area contributed by atoms with E-state index in [0.717, 1.165) is 4.47 Å². The highest BCUT2D eigenvalue weighted by molar-refractivity contribution is 9.13. The lowest BCUT2D eigenvalue weighted by molar-refractivity contribution is 0.494. The van der Waals surface area contributed by atoms with E-state index in [9.17, 15) is 4.39 Å². The topological polar surface area (TPSA) is 25.2 Å². The van der Waals surface area contributed by atoms with Crippen LogP contribution in [-0.4, -0.2) is 0 Å². The third-order valence-corrected chi connectivity index (χ3v) is 4.45. The summed E-state index contributed by atoms with van der Waals surface area (Å²) in [5.74, 6) is 0.212. The highest BCUT2D eigenvalue weighted by Gasteiger charge is 2.10. The molecule has 0 spiro atoms. The van der Waals surface area contributed by atoms with Crippen LogP contribution >= 0.6 is 55.1 Å². The first-order chi connectivity index (χ1) is 8.47. The number of nitrogens with one attached hydrogen (secondary N) is 1. The first-order valence-corrected chi connectivity index (χ1v) is 7.13. The monoisotopic (exact) mass is 415 g/mol. The molecule has 96 valence electrons. The molecule has 0 aliphatic rings. The zero-order valence-electron chi connectivity index (χ0n) is 8.74. The maximum Gasteiger partial charge on any atom is 0.183 e. The summed E-state index contributed by atoms with van der Waals surface area (Å²) < 4.78 is 19.8. The summed E-state index contributed by atoms with van der Waals surface area (Å²) in [6.45, 7) is 0.384. The molecule has 0 unspecified atom stereocenters. The molecule has 1 N–H and O–H groups in total.